The number of unbranched alkanes of at least 4 members (excludes halogenated alkanes) is 46. The van der Waals surface area contributed by atoms with Crippen LogP contribution in [-0.4, -0.2) is 34.9 Å². The summed E-state index contributed by atoms with van der Waals surface area (Å²) < 4.78 is 0. The lowest BCUT2D eigenvalue weighted by Crippen LogP contribution is -2.45. The molecule has 0 aromatic carbocycles. The highest BCUT2D eigenvalue weighted by Gasteiger charge is 2.18. The number of hydrogen-bond donors (Lipinski definition) is 3. The molecule has 0 aliphatic rings. The minimum Gasteiger partial charge on any atom is -0.394 e. The first kappa shape index (κ1) is 68.4. The minimum absolute atomic E-state index is 0.0680. The molecule has 0 aromatic rings. The van der Waals surface area contributed by atoms with E-state index in [0.717, 1.165) is 38.5 Å². The fraction of sp³-hybridized carbons (Fsp3) is 0.864. The van der Waals surface area contributed by atoms with Crippen molar-refractivity contribution in [1.29, 1.82) is 0 Å². The Kier molecular flexibility index (Phi) is 60.2. The van der Waals surface area contributed by atoms with Crippen molar-refractivity contribution >= 4 is 5.91 Å². The Labute approximate surface area is 439 Å². The lowest BCUT2D eigenvalue weighted by Gasteiger charge is -2.19. The van der Waals surface area contributed by atoms with Crippen molar-refractivity contribution in [2.75, 3.05) is 6.61 Å². The molecule has 1 amide bonds. The molecule has 0 saturated heterocycles. The quantitative estimate of drug-likeness (QED) is 0.0420. The molecule has 0 saturated carbocycles. The lowest BCUT2D eigenvalue weighted by atomic mass is 10.0. The largest absolute Gasteiger partial charge is 0.394 e. The molecule has 0 aromatic heterocycles. The molecule has 0 heterocycles. The van der Waals surface area contributed by atoms with Crippen LogP contribution in [-0.2, 0) is 4.79 Å². The SMILES string of the molecule is CCCCCCC/C=C\C/C=C\CCCCCCCCCCCCCCCCCCCCCC(=O)NC(CO)C(O)/C=C/CC/C=C/CCCCCCCCCCCCCCCCCCCCCCC. The molecule has 4 nitrogen and oxygen atoms in total. The molecule has 0 rings (SSSR count). The first-order chi connectivity index (χ1) is 34.7. The lowest BCUT2D eigenvalue weighted by molar-refractivity contribution is -0.123. The average molecular weight is 981 g/mol. The first-order valence-corrected chi connectivity index (χ1v) is 31.9. The minimum atomic E-state index is -0.863. The van der Waals surface area contributed by atoms with Gasteiger partial charge in [-0.1, -0.05) is 326 Å². The summed E-state index contributed by atoms with van der Waals surface area (Å²) in [5.41, 5.74) is 0. The van der Waals surface area contributed by atoms with Gasteiger partial charge in [-0.15, -0.1) is 0 Å². The van der Waals surface area contributed by atoms with Crippen LogP contribution in [0.3, 0.4) is 0 Å². The van der Waals surface area contributed by atoms with E-state index in [-0.39, 0.29) is 12.5 Å². The molecule has 0 aliphatic carbocycles. The standard InChI is InChI=1S/C66H125NO3/c1-3-5-7-9-11-13-15-17-19-21-23-25-27-29-31-32-33-34-36-38-40-42-44-46-48-50-52-54-56-58-60-62-66(70)67-64(63-68)65(69)61-59-57-55-53-51-49-47-45-43-41-39-37-35-30-28-26-24-22-20-18-16-14-12-10-8-6-4-2/h15,17,21,23,51,53,59,61,64-65,68-69H,3-14,16,18-20,22,24-50,52,54-58,60,62-63H2,1-2H3,(H,67,70)/b17-15-,23-21-,53-51+,61-59+. The van der Waals surface area contributed by atoms with Gasteiger partial charge in [0, 0.05) is 6.42 Å². The second-order valence-corrected chi connectivity index (χ2v) is 21.8. The van der Waals surface area contributed by atoms with Crippen LogP contribution >= 0.6 is 0 Å². The summed E-state index contributed by atoms with van der Waals surface area (Å²) in [7, 11) is 0. The Balaban J connectivity index is 3.48. The summed E-state index contributed by atoms with van der Waals surface area (Å²) in [6.45, 7) is 4.32. The first-order valence-electron chi connectivity index (χ1n) is 31.9. The summed E-state index contributed by atoms with van der Waals surface area (Å²) in [6, 6.07) is -0.640. The molecule has 0 bridgehead atoms. The molecule has 3 N–H and O–H groups in total. The van der Waals surface area contributed by atoms with Gasteiger partial charge in [-0.2, -0.15) is 0 Å². The molecule has 70 heavy (non-hydrogen) atoms. The van der Waals surface area contributed by atoms with E-state index in [1.165, 1.54) is 289 Å². The van der Waals surface area contributed by atoms with Crippen molar-refractivity contribution in [3.63, 3.8) is 0 Å². The average Bonchev–Trinajstić information content (AvgIpc) is 3.36. The van der Waals surface area contributed by atoms with Crippen LogP contribution in [0, 0.1) is 0 Å². The maximum Gasteiger partial charge on any atom is 0.220 e. The van der Waals surface area contributed by atoms with Crippen LogP contribution in [0.15, 0.2) is 48.6 Å². The van der Waals surface area contributed by atoms with Gasteiger partial charge < -0.3 is 15.5 Å². The van der Waals surface area contributed by atoms with Crippen molar-refractivity contribution in [1.82, 2.24) is 5.32 Å². The Hall–Kier alpha value is -1.65. The molecule has 412 valence electrons. The fourth-order valence-corrected chi connectivity index (χ4v) is 9.94. The summed E-state index contributed by atoms with van der Waals surface area (Å²) in [4.78, 5) is 12.5. The van der Waals surface area contributed by atoms with Crippen LogP contribution in [0.5, 0.6) is 0 Å². The van der Waals surface area contributed by atoms with E-state index >= 15 is 0 Å². The maximum atomic E-state index is 12.5. The molecule has 0 aliphatic heterocycles. The number of rotatable bonds is 59. The zero-order valence-electron chi connectivity index (χ0n) is 47.6. The second kappa shape index (κ2) is 61.6. The van der Waals surface area contributed by atoms with Gasteiger partial charge in [0.2, 0.25) is 5.91 Å². The number of aliphatic hydroxyl groups excluding tert-OH is 2. The summed E-state index contributed by atoms with van der Waals surface area (Å²) >= 11 is 0. The third-order valence-electron chi connectivity index (χ3n) is 14.8. The Morgan fingerprint density at radius 2 is 0.600 bits per heavy atom. The highest BCUT2D eigenvalue weighted by atomic mass is 16.3. The number of hydrogen-bond acceptors (Lipinski definition) is 3. The van der Waals surface area contributed by atoms with E-state index in [0.29, 0.717) is 6.42 Å². The van der Waals surface area contributed by atoms with E-state index < -0.39 is 12.1 Å². The summed E-state index contributed by atoms with van der Waals surface area (Å²) in [5.74, 6) is -0.0680. The molecule has 2 unspecified atom stereocenters. The zero-order chi connectivity index (χ0) is 50.6. The molecule has 0 fully saturated rings. The highest BCUT2D eigenvalue weighted by molar-refractivity contribution is 5.76. The summed E-state index contributed by atoms with van der Waals surface area (Å²) in [5, 5.41) is 23.2. The molecular weight excluding hydrogens is 855 g/mol. The van der Waals surface area contributed by atoms with Crippen molar-refractivity contribution in [2.45, 2.75) is 360 Å². The van der Waals surface area contributed by atoms with Crippen LogP contribution in [0.25, 0.3) is 0 Å². The van der Waals surface area contributed by atoms with Gasteiger partial charge in [-0.3, -0.25) is 4.79 Å². The number of aliphatic hydroxyl groups is 2. The number of allylic oxidation sites excluding steroid dienone is 7. The highest BCUT2D eigenvalue weighted by Crippen LogP contribution is 2.18. The smallest absolute Gasteiger partial charge is 0.220 e. The van der Waals surface area contributed by atoms with Crippen molar-refractivity contribution in [2.24, 2.45) is 0 Å². The normalized spacial score (nSPS) is 13.0. The Morgan fingerprint density at radius 1 is 0.343 bits per heavy atom. The molecule has 2 atom stereocenters. The predicted molar refractivity (Wildman–Crippen MR) is 313 cm³/mol. The number of amides is 1. The van der Waals surface area contributed by atoms with E-state index in [4.69, 9.17) is 0 Å². The van der Waals surface area contributed by atoms with E-state index in [9.17, 15) is 15.0 Å². The number of nitrogens with one attached hydrogen (secondary N) is 1. The van der Waals surface area contributed by atoms with Crippen molar-refractivity contribution in [3.05, 3.63) is 48.6 Å². The van der Waals surface area contributed by atoms with Crippen LogP contribution in [0.1, 0.15) is 348 Å². The second-order valence-electron chi connectivity index (χ2n) is 21.8. The maximum absolute atomic E-state index is 12.5. The van der Waals surface area contributed by atoms with E-state index in [1.807, 2.05) is 6.08 Å². The Bertz CT molecular complexity index is 1110. The van der Waals surface area contributed by atoms with E-state index in [2.05, 4.69) is 55.6 Å². The third-order valence-corrected chi connectivity index (χ3v) is 14.8. The van der Waals surface area contributed by atoms with Crippen LogP contribution < -0.4 is 5.32 Å². The van der Waals surface area contributed by atoms with Gasteiger partial charge in [0.25, 0.3) is 0 Å². The van der Waals surface area contributed by atoms with Crippen molar-refractivity contribution < 1.29 is 15.0 Å². The number of carbonyl (C=O) groups excluding carboxylic acids is 1. The van der Waals surface area contributed by atoms with Crippen LogP contribution in [0.2, 0.25) is 0 Å². The topological polar surface area (TPSA) is 69.6 Å². The zero-order valence-corrected chi connectivity index (χ0v) is 47.6. The van der Waals surface area contributed by atoms with Crippen LogP contribution in [0.4, 0.5) is 0 Å². The molecule has 0 spiro atoms. The molecule has 4 heteroatoms. The number of carbonyl (C=O) groups is 1. The van der Waals surface area contributed by atoms with Gasteiger partial charge in [-0.05, 0) is 64.2 Å². The van der Waals surface area contributed by atoms with E-state index in [1.54, 1.807) is 6.08 Å². The molecular formula is C66H125NO3. The molecule has 0 radical (unpaired) electrons. The van der Waals surface area contributed by atoms with Gasteiger partial charge in [0.15, 0.2) is 0 Å². The third kappa shape index (κ3) is 57.3. The van der Waals surface area contributed by atoms with Gasteiger partial charge in [0.05, 0.1) is 18.8 Å². The van der Waals surface area contributed by atoms with Crippen molar-refractivity contribution in [3.8, 4) is 0 Å². The van der Waals surface area contributed by atoms with Gasteiger partial charge >= 0.3 is 0 Å². The fourth-order valence-electron chi connectivity index (χ4n) is 9.94. The summed E-state index contributed by atoms with van der Waals surface area (Å²) in [6.07, 6.45) is 86.0. The Morgan fingerprint density at radius 3 is 0.914 bits per heavy atom. The monoisotopic (exact) mass is 980 g/mol. The predicted octanol–water partition coefficient (Wildman–Crippen LogP) is 21.4. The van der Waals surface area contributed by atoms with Gasteiger partial charge in [0.1, 0.15) is 0 Å². The van der Waals surface area contributed by atoms with Gasteiger partial charge in [-0.25, -0.2) is 0 Å².